The number of ether oxygens (including phenoxy) is 3. The van der Waals surface area contributed by atoms with E-state index in [0.29, 0.717) is 22.7 Å². The van der Waals surface area contributed by atoms with Crippen LogP contribution in [-0.2, 0) is 19.6 Å². The summed E-state index contributed by atoms with van der Waals surface area (Å²) in [4.78, 5) is 24.9. The Labute approximate surface area is 192 Å². The van der Waals surface area contributed by atoms with Gasteiger partial charge in [0.2, 0.25) is 0 Å². The number of fused-ring (bicyclic) bond motifs is 1. The Kier molecular flexibility index (Phi) is 6.78. The lowest BCUT2D eigenvalue weighted by Crippen LogP contribution is -2.39. The molecule has 0 unspecified atom stereocenters. The lowest BCUT2D eigenvalue weighted by atomic mass is 10.0. The molecule has 1 N–H and O–H groups in total. The van der Waals surface area contributed by atoms with Gasteiger partial charge < -0.3 is 19.5 Å². The van der Waals surface area contributed by atoms with E-state index in [1.165, 1.54) is 46.5 Å². The molecule has 1 aliphatic heterocycles. The van der Waals surface area contributed by atoms with Crippen LogP contribution in [0.4, 0.5) is 11.4 Å². The van der Waals surface area contributed by atoms with Gasteiger partial charge in [0.1, 0.15) is 0 Å². The fraction of sp³-hybridized carbons (Fsp3) is 0.217. The zero-order valence-corrected chi connectivity index (χ0v) is 19.5. The average Bonchev–Trinajstić information content (AvgIpc) is 2.80. The molecule has 0 bridgehead atoms. The van der Waals surface area contributed by atoms with Crippen molar-refractivity contribution in [3.8, 4) is 11.5 Å². The minimum Gasteiger partial charge on any atom is -0.493 e. The van der Waals surface area contributed by atoms with E-state index in [9.17, 15) is 18.0 Å². The molecule has 2 aromatic rings. The fourth-order valence-electron chi connectivity index (χ4n) is 3.59. The molecule has 0 spiro atoms. The largest absolute Gasteiger partial charge is 0.493 e. The number of nitrogens with zero attached hydrogens (tertiary/aromatic N) is 1. The van der Waals surface area contributed by atoms with Gasteiger partial charge in [-0.1, -0.05) is 18.2 Å². The highest BCUT2D eigenvalue weighted by Crippen LogP contribution is 2.45. The molecule has 174 valence electrons. The zero-order valence-electron chi connectivity index (χ0n) is 18.7. The number of rotatable bonds is 7. The number of benzene rings is 2. The summed E-state index contributed by atoms with van der Waals surface area (Å²) >= 11 is 0. The van der Waals surface area contributed by atoms with Crippen LogP contribution in [0, 0.1) is 0 Å². The monoisotopic (exact) mass is 472 g/mol. The highest BCUT2D eigenvalue weighted by molar-refractivity contribution is 7.97. The number of hydrogen-bond donors (Lipinski definition) is 1. The van der Waals surface area contributed by atoms with Crippen molar-refractivity contribution in [1.82, 2.24) is 0 Å². The van der Waals surface area contributed by atoms with Crippen molar-refractivity contribution in [2.24, 2.45) is 0 Å². The first kappa shape index (κ1) is 23.9. The SMILES string of the molecule is C=CCN1c2cc(OC)c(OC)cc2C(C)=C(C(=O)Nc2ccccc2C(=O)OC)S1(=O)=O. The first-order chi connectivity index (χ1) is 15.7. The van der Waals surface area contributed by atoms with Crippen LogP contribution in [0.1, 0.15) is 22.8 Å². The maximum absolute atomic E-state index is 13.5. The minimum atomic E-state index is -4.27. The second-order valence-electron chi connectivity index (χ2n) is 6.99. The fourth-order valence-corrected chi connectivity index (χ4v) is 5.30. The Balaban J connectivity index is 2.20. The summed E-state index contributed by atoms with van der Waals surface area (Å²) in [5.41, 5.74) is 1.25. The van der Waals surface area contributed by atoms with Gasteiger partial charge in [-0.3, -0.25) is 9.10 Å². The molecular formula is C23H24N2O7S. The van der Waals surface area contributed by atoms with Crippen molar-refractivity contribution >= 4 is 38.8 Å². The number of allylic oxidation sites excluding steroid dienone is 1. The third kappa shape index (κ3) is 4.17. The van der Waals surface area contributed by atoms with Crippen molar-refractivity contribution < 1.29 is 32.2 Å². The van der Waals surface area contributed by atoms with Crippen molar-refractivity contribution in [1.29, 1.82) is 0 Å². The van der Waals surface area contributed by atoms with Crippen LogP contribution in [0.2, 0.25) is 0 Å². The molecule has 3 rings (SSSR count). The summed E-state index contributed by atoms with van der Waals surface area (Å²) < 4.78 is 43.6. The molecule has 2 aromatic carbocycles. The highest BCUT2D eigenvalue weighted by atomic mass is 32.2. The molecule has 1 heterocycles. The summed E-state index contributed by atoms with van der Waals surface area (Å²) in [6.07, 6.45) is 1.42. The maximum Gasteiger partial charge on any atom is 0.339 e. The smallest absolute Gasteiger partial charge is 0.339 e. The number of carbonyl (C=O) groups excluding carboxylic acids is 2. The number of amides is 1. The standard InChI is InChI=1S/C23H24N2O7S/c1-6-11-25-18-13-20(31-4)19(30-3)12-16(18)14(2)21(33(25,28)29)22(26)24-17-10-8-7-9-15(17)23(27)32-5/h6-10,12-13H,1,11H2,2-5H3,(H,24,26). The zero-order chi connectivity index (χ0) is 24.3. The van der Waals surface area contributed by atoms with Gasteiger partial charge in [-0.2, -0.15) is 0 Å². The van der Waals surface area contributed by atoms with Gasteiger partial charge in [0, 0.05) is 11.6 Å². The molecule has 0 atom stereocenters. The highest BCUT2D eigenvalue weighted by Gasteiger charge is 2.40. The van der Waals surface area contributed by atoms with E-state index in [-0.39, 0.29) is 23.4 Å². The van der Waals surface area contributed by atoms with Gasteiger partial charge in [0.15, 0.2) is 16.4 Å². The minimum absolute atomic E-state index is 0.0758. The molecule has 0 aliphatic carbocycles. The number of hydrogen-bond acceptors (Lipinski definition) is 7. The summed E-state index contributed by atoms with van der Waals surface area (Å²) in [5, 5.41) is 2.54. The van der Waals surface area contributed by atoms with Crippen molar-refractivity contribution in [2.45, 2.75) is 6.92 Å². The van der Waals surface area contributed by atoms with Crippen molar-refractivity contribution in [2.75, 3.05) is 37.5 Å². The van der Waals surface area contributed by atoms with Crippen LogP contribution in [0.3, 0.4) is 0 Å². The Morgan fingerprint density at radius 2 is 1.73 bits per heavy atom. The predicted molar refractivity (Wildman–Crippen MR) is 125 cm³/mol. The number of nitrogens with one attached hydrogen (secondary N) is 1. The van der Waals surface area contributed by atoms with Gasteiger partial charge in [-0.25, -0.2) is 13.2 Å². The summed E-state index contributed by atoms with van der Waals surface area (Å²) in [6.45, 7) is 5.10. The van der Waals surface area contributed by atoms with E-state index in [0.717, 1.165) is 4.31 Å². The van der Waals surface area contributed by atoms with Gasteiger partial charge in [0.05, 0.1) is 44.8 Å². The number of methoxy groups -OCH3 is 3. The Bertz CT molecular complexity index is 1270. The van der Waals surface area contributed by atoms with Crippen LogP contribution in [0.15, 0.2) is 54.0 Å². The van der Waals surface area contributed by atoms with Gasteiger partial charge in [-0.05, 0) is 30.7 Å². The normalized spacial score (nSPS) is 14.2. The third-order valence-corrected chi connectivity index (χ3v) is 7.08. The second kappa shape index (κ2) is 9.37. The molecule has 9 nitrogen and oxygen atoms in total. The summed E-state index contributed by atoms with van der Waals surface area (Å²) in [7, 11) is -0.157. The molecular weight excluding hydrogens is 448 g/mol. The number of anilines is 2. The molecule has 0 saturated heterocycles. The van der Waals surface area contributed by atoms with Crippen LogP contribution in [0.25, 0.3) is 5.57 Å². The Hall–Kier alpha value is -3.79. The quantitative estimate of drug-likeness (QED) is 0.487. The van der Waals surface area contributed by atoms with E-state index in [1.807, 2.05) is 0 Å². The average molecular weight is 473 g/mol. The predicted octanol–water partition coefficient (Wildman–Crippen LogP) is 3.20. The van der Waals surface area contributed by atoms with E-state index in [1.54, 1.807) is 24.3 Å². The molecule has 0 saturated carbocycles. The molecule has 1 aliphatic rings. The van der Waals surface area contributed by atoms with E-state index >= 15 is 0 Å². The van der Waals surface area contributed by atoms with E-state index in [4.69, 9.17) is 14.2 Å². The second-order valence-corrected chi connectivity index (χ2v) is 8.79. The Morgan fingerprint density at radius 3 is 2.33 bits per heavy atom. The maximum atomic E-state index is 13.5. The number of sulfonamides is 1. The molecule has 10 heteroatoms. The van der Waals surface area contributed by atoms with Crippen LogP contribution >= 0.6 is 0 Å². The lowest BCUT2D eigenvalue weighted by molar-refractivity contribution is -0.112. The molecule has 0 aromatic heterocycles. The first-order valence-corrected chi connectivity index (χ1v) is 11.2. The first-order valence-electron chi connectivity index (χ1n) is 9.80. The van der Waals surface area contributed by atoms with Crippen LogP contribution in [0.5, 0.6) is 11.5 Å². The summed E-state index contributed by atoms with van der Waals surface area (Å²) in [6, 6.07) is 9.32. The van der Waals surface area contributed by atoms with Crippen LogP contribution < -0.4 is 19.1 Å². The van der Waals surface area contributed by atoms with Crippen LogP contribution in [-0.4, -0.2) is 48.2 Å². The van der Waals surface area contributed by atoms with E-state index < -0.39 is 26.8 Å². The Morgan fingerprint density at radius 1 is 1.09 bits per heavy atom. The molecule has 0 fully saturated rings. The summed E-state index contributed by atoms with van der Waals surface area (Å²) in [5.74, 6) is -0.839. The molecule has 33 heavy (non-hydrogen) atoms. The molecule has 1 amide bonds. The van der Waals surface area contributed by atoms with Crippen molar-refractivity contribution in [3.05, 3.63) is 65.1 Å². The van der Waals surface area contributed by atoms with E-state index in [2.05, 4.69) is 11.9 Å². The van der Waals surface area contributed by atoms with Crippen molar-refractivity contribution in [3.63, 3.8) is 0 Å². The van der Waals surface area contributed by atoms with Gasteiger partial charge >= 0.3 is 5.97 Å². The number of para-hydroxylation sites is 1. The topological polar surface area (TPSA) is 111 Å². The number of esters is 1. The van der Waals surface area contributed by atoms with Gasteiger partial charge in [-0.15, -0.1) is 6.58 Å². The third-order valence-electron chi connectivity index (χ3n) is 5.14. The number of carbonyl (C=O) groups is 2. The lowest BCUT2D eigenvalue weighted by Gasteiger charge is -2.32. The van der Waals surface area contributed by atoms with Gasteiger partial charge in [0.25, 0.3) is 15.9 Å². The molecule has 0 radical (unpaired) electrons.